The molecule has 1 N–H and O–H groups in total. The molecule has 0 heterocycles. The quantitative estimate of drug-likeness (QED) is 0.461. The van der Waals surface area contributed by atoms with Crippen LogP contribution < -0.4 is 5.32 Å². The Morgan fingerprint density at radius 3 is 2.50 bits per heavy atom. The first-order valence-electron chi connectivity index (χ1n) is 7.39. The molecule has 0 saturated carbocycles. The molecule has 0 atom stereocenters. The lowest BCUT2D eigenvalue weighted by Gasteiger charge is -2.07. The standard InChI is InChI=1S/C17H15FN2O6/c1-25-9-11-2-4-12(5-3-11)17(22)26-10-16(21)19-13-6-7-14(18)15(8-13)20(23)24/h2-8H,9-10H2,1H3,(H,19,21). The van der Waals surface area contributed by atoms with Crippen LogP contribution in [-0.2, 0) is 20.9 Å². The van der Waals surface area contributed by atoms with Crippen LogP contribution >= 0.6 is 0 Å². The van der Waals surface area contributed by atoms with Crippen LogP contribution in [0.5, 0.6) is 0 Å². The Hall–Kier alpha value is -3.33. The summed E-state index contributed by atoms with van der Waals surface area (Å²) in [6, 6.07) is 9.37. The lowest BCUT2D eigenvalue weighted by molar-refractivity contribution is -0.387. The molecule has 0 fully saturated rings. The molecule has 26 heavy (non-hydrogen) atoms. The van der Waals surface area contributed by atoms with Gasteiger partial charge in [0.1, 0.15) is 0 Å². The van der Waals surface area contributed by atoms with Crippen molar-refractivity contribution in [1.82, 2.24) is 0 Å². The van der Waals surface area contributed by atoms with E-state index in [1.54, 1.807) is 19.2 Å². The van der Waals surface area contributed by atoms with Gasteiger partial charge in [0.25, 0.3) is 5.91 Å². The third-order valence-corrected chi connectivity index (χ3v) is 3.26. The number of esters is 1. The second-order valence-corrected chi connectivity index (χ2v) is 5.18. The average Bonchev–Trinajstić information content (AvgIpc) is 2.62. The van der Waals surface area contributed by atoms with Crippen molar-refractivity contribution < 1.29 is 28.4 Å². The van der Waals surface area contributed by atoms with Crippen molar-refractivity contribution in [3.8, 4) is 0 Å². The van der Waals surface area contributed by atoms with Gasteiger partial charge in [-0.2, -0.15) is 4.39 Å². The van der Waals surface area contributed by atoms with Gasteiger partial charge in [-0.25, -0.2) is 4.79 Å². The number of carbonyl (C=O) groups excluding carboxylic acids is 2. The fourth-order valence-electron chi connectivity index (χ4n) is 2.05. The minimum atomic E-state index is -1.02. The molecule has 2 aromatic rings. The van der Waals surface area contributed by atoms with E-state index in [9.17, 15) is 24.1 Å². The largest absolute Gasteiger partial charge is 0.452 e. The number of methoxy groups -OCH3 is 1. The van der Waals surface area contributed by atoms with E-state index in [2.05, 4.69) is 5.32 Å². The van der Waals surface area contributed by atoms with Crippen molar-refractivity contribution in [2.45, 2.75) is 6.61 Å². The van der Waals surface area contributed by atoms with E-state index in [1.807, 2.05) is 0 Å². The van der Waals surface area contributed by atoms with E-state index in [0.29, 0.717) is 6.61 Å². The molecule has 8 nitrogen and oxygen atoms in total. The number of halogens is 1. The lowest BCUT2D eigenvalue weighted by Crippen LogP contribution is -2.21. The Labute approximate surface area is 147 Å². The Morgan fingerprint density at radius 1 is 1.19 bits per heavy atom. The molecule has 2 rings (SSSR count). The smallest absolute Gasteiger partial charge is 0.338 e. The van der Waals surface area contributed by atoms with Crippen LogP contribution in [-0.4, -0.2) is 30.5 Å². The van der Waals surface area contributed by atoms with E-state index in [1.165, 1.54) is 12.1 Å². The maximum absolute atomic E-state index is 13.2. The van der Waals surface area contributed by atoms with Crippen LogP contribution in [0.25, 0.3) is 0 Å². The van der Waals surface area contributed by atoms with E-state index in [0.717, 1.165) is 23.8 Å². The fourth-order valence-corrected chi connectivity index (χ4v) is 2.05. The number of ether oxygens (including phenoxy) is 2. The summed E-state index contributed by atoms with van der Waals surface area (Å²) in [6.45, 7) is -0.189. The number of hydrogen-bond acceptors (Lipinski definition) is 6. The van der Waals surface area contributed by atoms with E-state index in [-0.39, 0.29) is 11.3 Å². The predicted molar refractivity (Wildman–Crippen MR) is 89.1 cm³/mol. The molecule has 0 spiro atoms. The van der Waals surface area contributed by atoms with Gasteiger partial charge < -0.3 is 14.8 Å². The normalized spacial score (nSPS) is 10.2. The van der Waals surface area contributed by atoms with Crippen LogP contribution in [0.3, 0.4) is 0 Å². The summed E-state index contributed by atoms with van der Waals surface area (Å²) in [7, 11) is 1.55. The van der Waals surface area contributed by atoms with E-state index in [4.69, 9.17) is 9.47 Å². The molecule has 0 saturated heterocycles. The molecule has 0 aliphatic carbocycles. The Bertz CT molecular complexity index is 823. The lowest BCUT2D eigenvalue weighted by atomic mass is 10.1. The number of amides is 1. The van der Waals surface area contributed by atoms with Gasteiger partial charge in [-0.3, -0.25) is 14.9 Å². The molecule has 9 heteroatoms. The second kappa shape index (κ2) is 8.67. The summed E-state index contributed by atoms with van der Waals surface area (Å²) in [4.78, 5) is 33.4. The van der Waals surface area contributed by atoms with Crippen molar-refractivity contribution in [2.24, 2.45) is 0 Å². The molecule has 0 aliphatic rings. The van der Waals surface area contributed by atoms with Gasteiger partial charge in [0.15, 0.2) is 6.61 Å². The van der Waals surface area contributed by atoms with Crippen molar-refractivity contribution in [3.05, 3.63) is 69.5 Å². The first-order chi connectivity index (χ1) is 12.4. The molecule has 0 aliphatic heterocycles. The first kappa shape index (κ1) is 19.0. The third-order valence-electron chi connectivity index (χ3n) is 3.26. The predicted octanol–water partition coefficient (Wildman–Crippen LogP) is 2.68. The second-order valence-electron chi connectivity index (χ2n) is 5.18. The summed E-state index contributed by atoms with van der Waals surface area (Å²) in [6.07, 6.45) is 0. The Morgan fingerprint density at radius 2 is 1.88 bits per heavy atom. The van der Waals surface area contributed by atoms with Crippen LogP contribution in [0.2, 0.25) is 0 Å². The van der Waals surface area contributed by atoms with E-state index >= 15 is 0 Å². The number of hydrogen-bond donors (Lipinski definition) is 1. The molecular formula is C17H15FN2O6. The molecule has 0 aromatic heterocycles. The Balaban J connectivity index is 1.91. The molecule has 1 amide bonds. The van der Waals surface area contributed by atoms with Crippen molar-refractivity contribution in [2.75, 3.05) is 19.0 Å². The summed E-state index contributed by atoms with van der Waals surface area (Å²) < 4.78 is 23.1. The van der Waals surface area contributed by atoms with Gasteiger partial charge in [0.05, 0.1) is 17.1 Å². The molecule has 0 radical (unpaired) electrons. The van der Waals surface area contributed by atoms with Gasteiger partial charge in [0, 0.05) is 18.9 Å². The first-order valence-corrected chi connectivity index (χ1v) is 7.39. The summed E-state index contributed by atoms with van der Waals surface area (Å²) in [5, 5.41) is 13.0. The number of nitrogens with zero attached hydrogens (tertiary/aromatic N) is 1. The fraction of sp³-hybridized carbons (Fsp3) is 0.176. The SMILES string of the molecule is COCc1ccc(C(=O)OCC(=O)Nc2ccc(F)c([N+](=O)[O-])c2)cc1. The number of nitrogens with one attached hydrogen (secondary N) is 1. The Kier molecular flexibility index (Phi) is 6.34. The highest BCUT2D eigenvalue weighted by molar-refractivity contribution is 5.95. The highest BCUT2D eigenvalue weighted by Gasteiger charge is 2.16. The van der Waals surface area contributed by atoms with Crippen LogP contribution in [0.15, 0.2) is 42.5 Å². The topological polar surface area (TPSA) is 108 Å². The van der Waals surface area contributed by atoms with E-state index < -0.39 is 34.9 Å². The summed E-state index contributed by atoms with van der Waals surface area (Å²) in [5.41, 5.74) is 0.383. The van der Waals surface area contributed by atoms with Gasteiger partial charge in [-0.1, -0.05) is 12.1 Å². The molecule has 2 aromatic carbocycles. The highest BCUT2D eigenvalue weighted by atomic mass is 19.1. The monoisotopic (exact) mass is 362 g/mol. The maximum Gasteiger partial charge on any atom is 0.338 e. The zero-order valence-corrected chi connectivity index (χ0v) is 13.7. The number of anilines is 1. The van der Waals surface area contributed by atoms with Gasteiger partial charge in [-0.15, -0.1) is 0 Å². The number of nitro groups is 1. The number of carbonyl (C=O) groups is 2. The average molecular weight is 362 g/mol. The number of rotatable bonds is 7. The number of nitro benzene ring substituents is 1. The minimum Gasteiger partial charge on any atom is -0.452 e. The molecular weight excluding hydrogens is 347 g/mol. The van der Waals surface area contributed by atoms with Crippen molar-refractivity contribution in [3.63, 3.8) is 0 Å². The van der Waals surface area contributed by atoms with Gasteiger partial charge in [-0.05, 0) is 29.8 Å². The highest BCUT2D eigenvalue weighted by Crippen LogP contribution is 2.21. The zero-order valence-electron chi connectivity index (χ0n) is 13.7. The summed E-state index contributed by atoms with van der Waals surface area (Å²) in [5.74, 6) is -2.43. The number of benzene rings is 2. The van der Waals surface area contributed by atoms with Crippen LogP contribution in [0.4, 0.5) is 15.8 Å². The van der Waals surface area contributed by atoms with Crippen LogP contribution in [0.1, 0.15) is 15.9 Å². The van der Waals surface area contributed by atoms with Crippen molar-refractivity contribution >= 4 is 23.3 Å². The molecule has 0 unspecified atom stereocenters. The molecule has 136 valence electrons. The van der Waals surface area contributed by atoms with Gasteiger partial charge >= 0.3 is 11.7 Å². The van der Waals surface area contributed by atoms with Crippen molar-refractivity contribution in [1.29, 1.82) is 0 Å². The minimum absolute atomic E-state index is 0.0167. The van der Waals surface area contributed by atoms with Gasteiger partial charge in [0.2, 0.25) is 5.82 Å². The zero-order chi connectivity index (χ0) is 19.1. The van der Waals surface area contributed by atoms with Crippen LogP contribution in [0, 0.1) is 15.9 Å². The third kappa shape index (κ3) is 5.08. The summed E-state index contributed by atoms with van der Waals surface area (Å²) >= 11 is 0. The maximum atomic E-state index is 13.2. The molecule has 0 bridgehead atoms.